The third-order valence-electron chi connectivity index (χ3n) is 4.43. The van der Waals surface area contributed by atoms with Gasteiger partial charge in [0.15, 0.2) is 0 Å². The Morgan fingerprint density at radius 3 is 2.14 bits per heavy atom. The van der Waals surface area contributed by atoms with Crippen molar-refractivity contribution in [2.75, 3.05) is 0 Å². The number of allylic oxidation sites excluding steroid dienone is 1. The van der Waals surface area contributed by atoms with E-state index in [1.165, 1.54) is 45.4 Å². The SMILES string of the molecule is C=C(C)c1ccc(CCC)c(Cc2c(C)cc(C)cc2C)c1. The lowest BCUT2D eigenvalue weighted by atomic mass is 9.89. The summed E-state index contributed by atoms with van der Waals surface area (Å²) < 4.78 is 0. The zero-order valence-corrected chi connectivity index (χ0v) is 14.7. The molecule has 0 heteroatoms. The van der Waals surface area contributed by atoms with Crippen molar-refractivity contribution in [3.63, 3.8) is 0 Å². The summed E-state index contributed by atoms with van der Waals surface area (Å²) in [5.41, 5.74) is 11.0. The lowest BCUT2D eigenvalue weighted by molar-refractivity contribution is 0.901. The molecule has 0 aromatic heterocycles. The van der Waals surface area contributed by atoms with Crippen LogP contribution in [-0.4, -0.2) is 0 Å². The maximum Gasteiger partial charge on any atom is -0.00176 e. The van der Waals surface area contributed by atoms with Gasteiger partial charge in [-0.05, 0) is 73.9 Å². The second-order valence-electron chi connectivity index (χ2n) is 6.57. The van der Waals surface area contributed by atoms with Gasteiger partial charge in [0.25, 0.3) is 0 Å². The third kappa shape index (κ3) is 3.68. The lowest BCUT2D eigenvalue weighted by Crippen LogP contribution is -2.01. The molecule has 0 aliphatic heterocycles. The number of hydrogen-bond acceptors (Lipinski definition) is 0. The zero-order chi connectivity index (χ0) is 16.3. The van der Waals surface area contributed by atoms with Gasteiger partial charge < -0.3 is 0 Å². The molecule has 0 spiro atoms. The van der Waals surface area contributed by atoms with E-state index in [2.05, 4.69) is 71.5 Å². The van der Waals surface area contributed by atoms with Crippen LogP contribution in [-0.2, 0) is 12.8 Å². The van der Waals surface area contributed by atoms with Crippen LogP contribution in [0.2, 0.25) is 0 Å². The molecule has 0 saturated heterocycles. The molecule has 2 aromatic rings. The van der Waals surface area contributed by atoms with Gasteiger partial charge in [0.05, 0.1) is 0 Å². The van der Waals surface area contributed by atoms with Gasteiger partial charge >= 0.3 is 0 Å². The van der Waals surface area contributed by atoms with Crippen molar-refractivity contribution in [2.45, 2.75) is 53.9 Å². The Balaban J connectivity index is 2.47. The maximum atomic E-state index is 4.10. The van der Waals surface area contributed by atoms with Crippen molar-refractivity contribution in [2.24, 2.45) is 0 Å². The minimum atomic E-state index is 1.02. The van der Waals surface area contributed by atoms with Crippen molar-refractivity contribution in [3.8, 4) is 0 Å². The maximum absolute atomic E-state index is 4.10. The topological polar surface area (TPSA) is 0 Å². The first-order chi connectivity index (χ1) is 10.4. The van der Waals surface area contributed by atoms with Crippen molar-refractivity contribution in [3.05, 3.63) is 75.9 Å². The van der Waals surface area contributed by atoms with Crippen LogP contribution in [0, 0.1) is 20.8 Å². The quantitative estimate of drug-likeness (QED) is 0.616. The monoisotopic (exact) mass is 292 g/mol. The molecule has 0 aliphatic carbocycles. The van der Waals surface area contributed by atoms with E-state index in [0.29, 0.717) is 0 Å². The summed E-state index contributed by atoms with van der Waals surface area (Å²) >= 11 is 0. The van der Waals surface area contributed by atoms with E-state index < -0.39 is 0 Å². The molecule has 2 aromatic carbocycles. The van der Waals surface area contributed by atoms with Gasteiger partial charge in [0, 0.05) is 0 Å². The van der Waals surface area contributed by atoms with Crippen LogP contribution >= 0.6 is 0 Å². The molecule has 0 saturated carbocycles. The van der Waals surface area contributed by atoms with E-state index in [4.69, 9.17) is 0 Å². The fourth-order valence-electron chi connectivity index (χ4n) is 3.25. The molecule has 0 N–H and O–H groups in total. The predicted molar refractivity (Wildman–Crippen MR) is 98.6 cm³/mol. The number of hydrogen-bond donors (Lipinski definition) is 0. The Bertz CT molecular complexity index is 666. The van der Waals surface area contributed by atoms with Gasteiger partial charge in [-0.25, -0.2) is 0 Å². The average molecular weight is 292 g/mol. The van der Waals surface area contributed by atoms with Crippen molar-refractivity contribution >= 4 is 5.57 Å². The van der Waals surface area contributed by atoms with Crippen molar-refractivity contribution in [1.82, 2.24) is 0 Å². The first-order valence-corrected chi connectivity index (χ1v) is 8.26. The fraction of sp³-hybridized carbons (Fsp3) is 0.364. The summed E-state index contributed by atoms with van der Waals surface area (Å²) in [5, 5.41) is 0. The third-order valence-corrected chi connectivity index (χ3v) is 4.43. The number of benzene rings is 2. The highest BCUT2D eigenvalue weighted by Crippen LogP contribution is 2.25. The smallest absolute Gasteiger partial charge is 0.00176 e. The molecule has 0 amide bonds. The molecule has 0 radical (unpaired) electrons. The lowest BCUT2D eigenvalue weighted by Gasteiger charge is -2.16. The molecule has 0 atom stereocenters. The molecule has 22 heavy (non-hydrogen) atoms. The molecule has 116 valence electrons. The molecule has 0 unspecified atom stereocenters. The van der Waals surface area contributed by atoms with E-state index in [-0.39, 0.29) is 0 Å². The van der Waals surface area contributed by atoms with Gasteiger partial charge in [-0.2, -0.15) is 0 Å². The summed E-state index contributed by atoms with van der Waals surface area (Å²) in [6, 6.07) is 11.4. The normalized spacial score (nSPS) is 10.8. The first kappa shape index (κ1) is 16.5. The molecule has 0 fully saturated rings. The van der Waals surface area contributed by atoms with Crippen molar-refractivity contribution in [1.29, 1.82) is 0 Å². The zero-order valence-electron chi connectivity index (χ0n) is 14.7. The Morgan fingerprint density at radius 1 is 0.955 bits per heavy atom. The van der Waals surface area contributed by atoms with Crippen LogP contribution in [0.5, 0.6) is 0 Å². The second-order valence-corrected chi connectivity index (χ2v) is 6.57. The van der Waals surface area contributed by atoms with Crippen molar-refractivity contribution < 1.29 is 0 Å². The standard InChI is InChI=1S/C22H28/c1-7-8-19-9-10-20(15(2)3)13-21(19)14-22-17(5)11-16(4)12-18(22)6/h9-13H,2,7-8,14H2,1,3-6H3. The average Bonchev–Trinajstić information content (AvgIpc) is 2.44. The molecule has 0 aliphatic rings. The number of aryl methyl sites for hydroxylation is 4. The molecule has 0 heterocycles. The highest BCUT2D eigenvalue weighted by molar-refractivity contribution is 5.63. The Labute approximate surface area is 135 Å². The molecule has 0 bridgehead atoms. The highest BCUT2D eigenvalue weighted by Gasteiger charge is 2.09. The molecule has 2 rings (SSSR count). The van der Waals surface area contributed by atoms with E-state index in [1.807, 2.05) is 0 Å². The Kier molecular flexibility index (Phi) is 5.24. The van der Waals surface area contributed by atoms with E-state index >= 15 is 0 Å². The van der Waals surface area contributed by atoms with Crippen LogP contribution in [0.3, 0.4) is 0 Å². The van der Waals surface area contributed by atoms with Gasteiger partial charge in [0.2, 0.25) is 0 Å². The minimum Gasteiger partial charge on any atom is -0.0955 e. The van der Waals surface area contributed by atoms with E-state index in [0.717, 1.165) is 18.4 Å². The number of rotatable bonds is 5. The van der Waals surface area contributed by atoms with Gasteiger partial charge in [0.1, 0.15) is 0 Å². The van der Waals surface area contributed by atoms with Gasteiger partial charge in [-0.3, -0.25) is 0 Å². The van der Waals surface area contributed by atoms with Crippen LogP contribution in [0.15, 0.2) is 36.9 Å². The summed E-state index contributed by atoms with van der Waals surface area (Å²) in [6.07, 6.45) is 3.36. The summed E-state index contributed by atoms with van der Waals surface area (Å²) in [4.78, 5) is 0. The van der Waals surface area contributed by atoms with Crippen LogP contribution in [0.25, 0.3) is 5.57 Å². The molecular weight excluding hydrogens is 264 g/mol. The van der Waals surface area contributed by atoms with Gasteiger partial charge in [-0.15, -0.1) is 0 Å². The predicted octanol–water partition coefficient (Wildman–Crippen LogP) is 6.19. The summed E-state index contributed by atoms with van der Waals surface area (Å²) in [5.74, 6) is 0. The van der Waals surface area contributed by atoms with Crippen LogP contribution < -0.4 is 0 Å². The van der Waals surface area contributed by atoms with E-state index in [9.17, 15) is 0 Å². The summed E-state index contributed by atoms with van der Waals surface area (Å²) in [6.45, 7) is 15.1. The highest BCUT2D eigenvalue weighted by atomic mass is 14.1. The van der Waals surface area contributed by atoms with Gasteiger partial charge in [-0.1, -0.05) is 61.4 Å². The van der Waals surface area contributed by atoms with Crippen LogP contribution in [0.4, 0.5) is 0 Å². The molecular formula is C22H28. The van der Waals surface area contributed by atoms with E-state index in [1.54, 1.807) is 0 Å². The summed E-state index contributed by atoms with van der Waals surface area (Å²) in [7, 11) is 0. The Hall–Kier alpha value is -1.82. The Morgan fingerprint density at radius 2 is 1.59 bits per heavy atom. The minimum absolute atomic E-state index is 1.02. The second kappa shape index (κ2) is 6.96. The van der Waals surface area contributed by atoms with Crippen LogP contribution in [0.1, 0.15) is 59.2 Å². The molecule has 0 nitrogen and oxygen atoms in total. The fourth-order valence-corrected chi connectivity index (χ4v) is 3.25. The first-order valence-electron chi connectivity index (χ1n) is 8.26. The largest absolute Gasteiger partial charge is 0.0955 e.